The second-order valence-electron chi connectivity index (χ2n) is 14.3. The molecule has 9 atom stereocenters. The summed E-state index contributed by atoms with van der Waals surface area (Å²) in [6, 6.07) is 3.01. The predicted octanol–water partition coefficient (Wildman–Crippen LogP) is 2.11. The van der Waals surface area contributed by atoms with Gasteiger partial charge in [0.2, 0.25) is 11.7 Å². The van der Waals surface area contributed by atoms with Crippen LogP contribution in [0.1, 0.15) is 83.3 Å². The number of nitrogens with one attached hydrogen (secondary N) is 1. The summed E-state index contributed by atoms with van der Waals surface area (Å²) in [6.45, 7) is 3.18. The largest absolute Gasteiger partial charge is 0.733 e. The number of aliphatic hydroxyl groups excluding tert-OH is 2. The van der Waals surface area contributed by atoms with Gasteiger partial charge in [-0.3, -0.25) is 24.4 Å². The molecular formula is C34H43N2O12-. The van der Waals surface area contributed by atoms with Crippen molar-refractivity contribution in [2.24, 2.45) is 28.6 Å². The Labute approximate surface area is 277 Å². The molecule has 4 aliphatic rings. The molecule has 3 fully saturated rings. The highest BCUT2D eigenvalue weighted by Crippen LogP contribution is 2.67. The number of carbonyl (C=O) groups excluding carboxylic acids is 4. The van der Waals surface area contributed by atoms with Gasteiger partial charge in [-0.2, -0.15) is 0 Å². The molecule has 0 aliphatic heterocycles. The van der Waals surface area contributed by atoms with E-state index < -0.39 is 77.6 Å². The molecule has 1 aromatic rings. The minimum atomic E-state index is -1.85. The Morgan fingerprint density at radius 1 is 1.12 bits per heavy atom. The molecule has 0 aromatic heterocycles. The number of carbonyl (C=O) groups is 5. The SMILES string of the molecule is C[C@]12CCC(=O)C=C1CC[C@H]1[C@@H]2[C@@H](O)C[C@]2(C)[C@H]1CC[C@]2(O)C(=O)COC(=O)CCC(=O)N[C@@H](C(=O)O)[C@@H](O)c1cccc(N([O-])O)c1. The topological polar surface area (TPSA) is 234 Å². The number of aliphatic carboxylic acids is 1. The molecule has 0 bridgehead atoms. The zero-order valence-corrected chi connectivity index (χ0v) is 27.0. The van der Waals surface area contributed by atoms with Crippen molar-refractivity contribution in [2.45, 2.75) is 95.5 Å². The maximum atomic E-state index is 13.5. The Morgan fingerprint density at radius 2 is 1.85 bits per heavy atom. The number of aliphatic hydroxyl groups is 3. The Morgan fingerprint density at radius 3 is 2.54 bits per heavy atom. The average molecular weight is 672 g/mol. The summed E-state index contributed by atoms with van der Waals surface area (Å²) < 4.78 is 5.14. The highest BCUT2D eigenvalue weighted by molar-refractivity contribution is 5.92. The van der Waals surface area contributed by atoms with Gasteiger partial charge in [0.15, 0.2) is 18.4 Å². The van der Waals surface area contributed by atoms with Crippen molar-refractivity contribution in [3.63, 3.8) is 0 Å². The molecule has 14 heteroatoms. The van der Waals surface area contributed by atoms with Gasteiger partial charge in [0.1, 0.15) is 11.7 Å². The smallest absolute Gasteiger partial charge is 0.329 e. The first-order chi connectivity index (χ1) is 22.5. The number of benzene rings is 1. The minimum Gasteiger partial charge on any atom is -0.733 e. The number of ketones is 2. The Hall–Kier alpha value is -3.69. The monoisotopic (exact) mass is 671 g/mol. The predicted molar refractivity (Wildman–Crippen MR) is 167 cm³/mol. The fourth-order valence-corrected chi connectivity index (χ4v) is 9.24. The number of hydrogen-bond acceptors (Lipinski definition) is 12. The van der Waals surface area contributed by atoms with Gasteiger partial charge in [-0.1, -0.05) is 31.6 Å². The van der Waals surface area contributed by atoms with Crippen LogP contribution >= 0.6 is 0 Å². The van der Waals surface area contributed by atoms with Crippen LogP contribution in [0.3, 0.4) is 0 Å². The van der Waals surface area contributed by atoms with E-state index >= 15 is 0 Å². The summed E-state index contributed by atoms with van der Waals surface area (Å²) in [5, 5.41) is 65.3. The number of esters is 1. The van der Waals surface area contributed by atoms with Crippen LogP contribution < -0.4 is 10.5 Å². The molecule has 6 N–H and O–H groups in total. The van der Waals surface area contributed by atoms with Crippen molar-refractivity contribution in [2.75, 3.05) is 11.8 Å². The van der Waals surface area contributed by atoms with E-state index in [4.69, 9.17) is 9.94 Å². The summed E-state index contributed by atoms with van der Waals surface area (Å²) in [7, 11) is 0. The summed E-state index contributed by atoms with van der Waals surface area (Å²) in [6.07, 6.45) is 1.53. The van der Waals surface area contributed by atoms with Crippen LogP contribution in [0, 0.1) is 33.8 Å². The fraction of sp³-hybridized carbons (Fsp3) is 0.618. The molecule has 48 heavy (non-hydrogen) atoms. The lowest BCUT2D eigenvalue weighted by molar-refractivity contribution is -0.184. The zero-order chi connectivity index (χ0) is 35.2. The molecule has 0 unspecified atom stereocenters. The summed E-state index contributed by atoms with van der Waals surface area (Å²) in [5.41, 5.74) is -2.40. The molecule has 1 amide bonds. The second-order valence-corrected chi connectivity index (χ2v) is 14.3. The van der Waals surface area contributed by atoms with Crippen molar-refractivity contribution in [3.8, 4) is 0 Å². The lowest BCUT2D eigenvalue weighted by Crippen LogP contribution is -2.62. The van der Waals surface area contributed by atoms with Crippen LogP contribution in [-0.4, -0.2) is 79.4 Å². The van der Waals surface area contributed by atoms with Crippen LogP contribution in [0.4, 0.5) is 5.69 Å². The van der Waals surface area contributed by atoms with Crippen molar-refractivity contribution >= 4 is 35.1 Å². The Bertz CT molecular complexity index is 1510. The van der Waals surface area contributed by atoms with E-state index in [1.807, 2.05) is 6.92 Å². The van der Waals surface area contributed by atoms with E-state index in [1.165, 1.54) is 18.2 Å². The van der Waals surface area contributed by atoms with Gasteiger partial charge in [-0.25, -0.2) is 4.79 Å². The van der Waals surface area contributed by atoms with Crippen LogP contribution in [0.2, 0.25) is 0 Å². The molecule has 0 saturated heterocycles. The van der Waals surface area contributed by atoms with Gasteiger partial charge in [0.05, 0.1) is 18.2 Å². The number of carboxylic acid groups (broad SMARTS) is 1. The highest BCUT2D eigenvalue weighted by atomic mass is 16.8. The van der Waals surface area contributed by atoms with Gasteiger partial charge in [-0.15, -0.1) is 0 Å². The number of amides is 1. The summed E-state index contributed by atoms with van der Waals surface area (Å²) >= 11 is 0. The lowest BCUT2D eigenvalue weighted by atomic mass is 9.45. The lowest BCUT2D eigenvalue weighted by Gasteiger charge is -2.60. The van der Waals surface area contributed by atoms with E-state index in [1.54, 1.807) is 6.08 Å². The average Bonchev–Trinajstić information content (AvgIpc) is 3.31. The fourth-order valence-electron chi connectivity index (χ4n) is 9.24. The molecule has 0 spiro atoms. The minimum absolute atomic E-state index is 0.0464. The van der Waals surface area contributed by atoms with Crippen LogP contribution in [0.15, 0.2) is 35.9 Å². The van der Waals surface area contributed by atoms with Gasteiger partial charge in [0, 0.05) is 18.3 Å². The van der Waals surface area contributed by atoms with Crippen LogP contribution in [-0.2, 0) is 28.7 Å². The van der Waals surface area contributed by atoms with Gasteiger partial charge < -0.3 is 40.9 Å². The molecule has 1 aromatic carbocycles. The maximum absolute atomic E-state index is 13.5. The van der Waals surface area contributed by atoms with Gasteiger partial charge in [0.25, 0.3) is 0 Å². The standard InChI is InChI=1S/C34H43N2O12/c1-32-12-10-21(37)15-19(32)6-7-22-23-11-13-34(45,33(23,2)16-24(38)28(22)32)25(39)17-48-27(41)9-8-26(40)35-29(31(43)44)30(42)18-4-3-5-20(14-18)36(46)47/h3-5,14-15,22-24,28-30,38,42,45-46H,6-13,16-17H2,1-2H3,(H,35,40)(H,43,44)/q-1/t22-,23+,24+,28-,29-,30+,32+,33-,34+/m1/s1. The van der Waals surface area contributed by atoms with Crippen molar-refractivity contribution < 1.29 is 54.3 Å². The molecule has 4 aliphatic carbocycles. The molecule has 0 radical (unpaired) electrons. The number of allylic oxidation sites excluding steroid dienone is 1. The quantitative estimate of drug-likeness (QED) is 0.146. The number of fused-ring (bicyclic) bond motifs is 5. The second kappa shape index (κ2) is 13.3. The molecule has 14 nitrogen and oxygen atoms in total. The number of ether oxygens (including phenoxy) is 1. The van der Waals surface area contributed by atoms with Gasteiger partial charge in [-0.05, 0) is 85.5 Å². The third-order valence-electron chi connectivity index (χ3n) is 11.8. The summed E-state index contributed by atoms with van der Waals surface area (Å²) in [4.78, 5) is 62.4. The first kappa shape index (κ1) is 35.6. The number of Topliss-reactive ketones (excluding diaryl/α,β-unsaturated/α-hetero) is 1. The number of rotatable bonds is 11. The normalized spacial score (nSPS) is 33.6. The highest BCUT2D eigenvalue weighted by Gasteiger charge is 2.68. The third kappa shape index (κ3) is 6.27. The molecule has 3 saturated carbocycles. The van der Waals surface area contributed by atoms with Crippen molar-refractivity contribution in [1.82, 2.24) is 5.32 Å². The first-order valence-corrected chi connectivity index (χ1v) is 16.3. The molecule has 5 rings (SSSR count). The third-order valence-corrected chi connectivity index (χ3v) is 11.8. The first-order valence-electron chi connectivity index (χ1n) is 16.3. The Kier molecular flexibility index (Phi) is 9.88. The number of carboxylic acids is 1. The number of hydrogen-bond donors (Lipinski definition) is 6. The number of nitrogens with zero attached hydrogens (tertiary/aromatic N) is 1. The molecule has 262 valence electrons. The van der Waals surface area contributed by atoms with Crippen LogP contribution in [0.25, 0.3) is 0 Å². The Balaban J connectivity index is 1.16. The van der Waals surface area contributed by atoms with Crippen LogP contribution in [0.5, 0.6) is 0 Å². The molecule has 0 heterocycles. The number of anilines is 1. The maximum Gasteiger partial charge on any atom is 0.329 e. The van der Waals surface area contributed by atoms with E-state index in [0.717, 1.165) is 24.5 Å². The van der Waals surface area contributed by atoms with Crippen molar-refractivity contribution in [1.29, 1.82) is 0 Å². The molecular weight excluding hydrogens is 628 g/mol. The zero-order valence-electron chi connectivity index (χ0n) is 27.0. The van der Waals surface area contributed by atoms with Crippen molar-refractivity contribution in [3.05, 3.63) is 46.7 Å². The van der Waals surface area contributed by atoms with E-state index in [9.17, 15) is 49.6 Å². The van der Waals surface area contributed by atoms with E-state index in [0.29, 0.717) is 19.3 Å². The van der Waals surface area contributed by atoms with Gasteiger partial charge >= 0.3 is 11.9 Å². The summed E-state index contributed by atoms with van der Waals surface area (Å²) in [5.74, 6) is -4.14. The van der Waals surface area contributed by atoms with E-state index in [2.05, 4.69) is 12.2 Å². The van der Waals surface area contributed by atoms with E-state index in [-0.39, 0.29) is 53.0 Å².